The van der Waals surface area contributed by atoms with Gasteiger partial charge in [-0.05, 0) is 68.6 Å². The Morgan fingerprint density at radius 3 is 1.88 bits per heavy atom. The van der Waals surface area contributed by atoms with Gasteiger partial charge >= 0.3 is 11.9 Å². The quantitative estimate of drug-likeness (QED) is 0.0279. The molecular weight excluding hydrogens is 760 g/mol. The number of carboxylic acids is 2. The molecule has 2 rings (SSSR count). The first kappa shape index (κ1) is 48.0. The first-order chi connectivity index (χ1) is 27.3. The molecule has 0 bridgehead atoms. The number of amides is 5. The lowest BCUT2D eigenvalue weighted by molar-refractivity contribution is -0.144. The predicted molar refractivity (Wildman–Crippen MR) is 211 cm³/mol. The Hall–Kier alpha value is -6.19. The number of aliphatic imine (C=N–C) groups is 2. The average molecular weight is 819 g/mol. The van der Waals surface area contributed by atoms with E-state index in [1.165, 1.54) is 29.2 Å². The van der Waals surface area contributed by atoms with Crippen LogP contribution in [-0.2, 0) is 40.0 Å². The average Bonchev–Trinajstić information content (AvgIpc) is 3.64. The van der Waals surface area contributed by atoms with Crippen LogP contribution in [0.1, 0.15) is 70.8 Å². The van der Waals surface area contributed by atoms with E-state index in [-0.39, 0.29) is 81.7 Å². The summed E-state index contributed by atoms with van der Waals surface area (Å²) in [5, 5.41) is 38.9. The summed E-state index contributed by atoms with van der Waals surface area (Å²) in [6, 6.07) is -2.15. The molecule has 0 radical (unpaired) electrons. The van der Waals surface area contributed by atoms with Crippen molar-refractivity contribution in [2.45, 2.75) is 108 Å². The van der Waals surface area contributed by atoms with Gasteiger partial charge in [0.2, 0.25) is 29.5 Å². The predicted octanol–water partition coefficient (Wildman–Crippen LogP) is -3.10. The van der Waals surface area contributed by atoms with Gasteiger partial charge in [-0.3, -0.25) is 38.8 Å². The first-order valence-electron chi connectivity index (χ1n) is 18.9. The van der Waals surface area contributed by atoms with E-state index in [0.29, 0.717) is 18.4 Å². The van der Waals surface area contributed by atoms with Gasteiger partial charge in [0.15, 0.2) is 11.9 Å². The Morgan fingerprint density at radius 2 is 1.33 bits per heavy atom. The molecule has 5 amide bonds. The minimum absolute atomic E-state index is 0.0270. The number of guanidine groups is 2. The van der Waals surface area contributed by atoms with Crippen LogP contribution < -0.4 is 49.9 Å². The number of phenols is 1. The third kappa shape index (κ3) is 16.9. The van der Waals surface area contributed by atoms with Crippen molar-refractivity contribution in [2.75, 3.05) is 19.6 Å². The van der Waals surface area contributed by atoms with E-state index >= 15 is 0 Å². The smallest absolute Gasteiger partial charge is 0.326 e. The third-order valence-electron chi connectivity index (χ3n) is 9.05. The fraction of sp³-hybridized carbons (Fsp3) is 0.583. The standard InChI is InChI=1S/C36H58N12O10/c1-19(2)16-26(34(57)58)47-31(54)25(18-28(50)51)45-30(53)24(17-20-9-11-21(49)12-10-20)46-32(55)27-8-5-15-48(27)33(56)23(7-4-14-43-36(40)41)44-29(52)22(37)6-3-13-42-35(38)39/h9-12,19,22-27,49H,3-8,13-18,37H2,1-2H3,(H,44,52)(H,45,53)(H,46,55)(H,47,54)(H,50,51)(H,57,58)(H4,38,39,42)(H4,40,41,43)/t22-,23-,24-,25-,26-,27-/m0/s1. The molecular formula is C36H58N12O10. The summed E-state index contributed by atoms with van der Waals surface area (Å²) in [5.41, 5.74) is 28.1. The Kier molecular flexibility index (Phi) is 19.7. The lowest BCUT2D eigenvalue weighted by atomic mass is 10.0. The molecule has 0 unspecified atom stereocenters. The van der Waals surface area contributed by atoms with E-state index < -0.39 is 84.1 Å². The zero-order chi connectivity index (χ0) is 43.5. The largest absolute Gasteiger partial charge is 0.508 e. The van der Waals surface area contributed by atoms with Gasteiger partial charge in [0.25, 0.3) is 0 Å². The summed E-state index contributed by atoms with van der Waals surface area (Å²) in [6.45, 7) is 3.96. The van der Waals surface area contributed by atoms with Crippen molar-refractivity contribution in [2.24, 2.45) is 44.6 Å². The van der Waals surface area contributed by atoms with Crippen molar-refractivity contribution in [1.29, 1.82) is 0 Å². The van der Waals surface area contributed by atoms with E-state index in [0.717, 1.165) is 0 Å². The van der Waals surface area contributed by atoms with Crippen LogP contribution in [0.15, 0.2) is 34.3 Å². The second-order valence-electron chi connectivity index (χ2n) is 14.4. The minimum atomic E-state index is -1.73. The van der Waals surface area contributed by atoms with E-state index in [2.05, 4.69) is 31.3 Å². The maximum Gasteiger partial charge on any atom is 0.326 e. The number of benzene rings is 1. The molecule has 22 nitrogen and oxygen atoms in total. The molecule has 0 aliphatic carbocycles. The molecule has 1 aromatic rings. The molecule has 1 saturated heterocycles. The van der Waals surface area contributed by atoms with Crippen LogP contribution in [0, 0.1) is 5.92 Å². The second kappa shape index (κ2) is 23.8. The maximum absolute atomic E-state index is 14.1. The molecule has 1 aromatic carbocycles. The molecule has 0 aromatic heterocycles. The summed E-state index contributed by atoms with van der Waals surface area (Å²) in [5.74, 6) is -7.35. The highest BCUT2D eigenvalue weighted by Crippen LogP contribution is 2.21. The highest BCUT2D eigenvalue weighted by molar-refractivity contribution is 5.97. The summed E-state index contributed by atoms with van der Waals surface area (Å²) in [6.07, 6.45) is 0.409. The number of phenolic OH excluding ortho intramolecular Hbond substituents is 1. The number of aromatic hydroxyl groups is 1. The van der Waals surface area contributed by atoms with Crippen molar-refractivity contribution < 1.29 is 48.9 Å². The van der Waals surface area contributed by atoms with Crippen LogP contribution in [0.2, 0.25) is 0 Å². The van der Waals surface area contributed by atoms with Crippen molar-refractivity contribution in [1.82, 2.24) is 26.2 Å². The van der Waals surface area contributed by atoms with E-state index in [1.54, 1.807) is 13.8 Å². The van der Waals surface area contributed by atoms with Crippen molar-refractivity contribution in [3.8, 4) is 5.75 Å². The lowest BCUT2D eigenvalue weighted by Crippen LogP contribution is -2.59. The summed E-state index contributed by atoms with van der Waals surface area (Å²) in [4.78, 5) is 101. The zero-order valence-electron chi connectivity index (χ0n) is 32.8. The molecule has 1 aliphatic heterocycles. The summed E-state index contributed by atoms with van der Waals surface area (Å²) < 4.78 is 0. The number of nitrogens with two attached hydrogens (primary N) is 5. The number of carboxylic acid groups (broad SMARTS) is 2. The van der Waals surface area contributed by atoms with Crippen LogP contribution in [0.3, 0.4) is 0 Å². The topological polar surface area (TPSA) is 386 Å². The van der Waals surface area contributed by atoms with Gasteiger partial charge in [-0.1, -0.05) is 26.0 Å². The molecule has 1 fully saturated rings. The molecule has 0 spiro atoms. The van der Waals surface area contributed by atoms with Crippen molar-refractivity contribution >= 4 is 53.4 Å². The Labute approximate surface area is 335 Å². The Morgan fingerprint density at radius 1 is 0.776 bits per heavy atom. The number of hydrogen-bond acceptors (Lipinski definition) is 11. The molecule has 1 aliphatic rings. The van der Waals surface area contributed by atoms with Gasteiger partial charge in [0.05, 0.1) is 12.5 Å². The number of carbonyl (C=O) groups is 7. The number of nitrogens with zero attached hydrogens (tertiary/aromatic N) is 3. The highest BCUT2D eigenvalue weighted by Gasteiger charge is 2.40. The van der Waals surface area contributed by atoms with Gasteiger partial charge in [-0.2, -0.15) is 0 Å². The number of nitrogens with one attached hydrogen (secondary N) is 4. The molecule has 1 heterocycles. The number of hydrogen-bond donors (Lipinski definition) is 12. The fourth-order valence-corrected chi connectivity index (χ4v) is 6.16. The normalized spacial score (nSPS) is 16.1. The van der Waals surface area contributed by atoms with Gasteiger partial charge in [-0.25, -0.2) is 4.79 Å². The molecule has 322 valence electrons. The lowest BCUT2D eigenvalue weighted by Gasteiger charge is -2.30. The van der Waals surface area contributed by atoms with Crippen LogP contribution >= 0.6 is 0 Å². The monoisotopic (exact) mass is 818 g/mol. The Balaban J connectivity index is 2.35. The van der Waals surface area contributed by atoms with Crippen LogP contribution in [-0.4, -0.2) is 129 Å². The highest BCUT2D eigenvalue weighted by atomic mass is 16.4. The third-order valence-corrected chi connectivity index (χ3v) is 9.05. The van der Waals surface area contributed by atoms with Gasteiger partial charge in [0, 0.05) is 26.1 Å². The van der Waals surface area contributed by atoms with Gasteiger partial charge in [-0.15, -0.1) is 0 Å². The first-order valence-corrected chi connectivity index (χ1v) is 18.9. The molecule has 17 N–H and O–H groups in total. The molecule has 22 heteroatoms. The van der Waals surface area contributed by atoms with Gasteiger partial charge < -0.3 is 70.2 Å². The van der Waals surface area contributed by atoms with E-state index in [4.69, 9.17) is 28.7 Å². The molecule has 58 heavy (non-hydrogen) atoms. The van der Waals surface area contributed by atoms with Crippen LogP contribution in [0.25, 0.3) is 0 Å². The summed E-state index contributed by atoms with van der Waals surface area (Å²) in [7, 11) is 0. The Bertz CT molecular complexity index is 1650. The SMILES string of the molecule is CC(C)C[C@H](NC(=O)[C@H](CC(=O)O)NC(=O)[C@H](Cc1ccc(O)cc1)NC(=O)[C@@H]1CCCN1C(=O)[C@H](CCCN=C(N)N)NC(=O)[C@@H](N)CCCN=C(N)N)C(=O)O. The van der Waals surface area contributed by atoms with Gasteiger partial charge in [0.1, 0.15) is 36.0 Å². The minimum Gasteiger partial charge on any atom is -0.508 e. The fourth-order valence-electron chi connectivity index (χ4n) is 6.16. The summed E-state index contributed by atoms with van der Waals surface area (Å²) >= 11 is 0. The van der Waals surface area contributed by atoms with E-state index in [1.807, 2.05) is 0 Å². The number of rotatable bonds is 24. The second-order valence-corrected chi connectivity index (χ2v) is 14.4. The van der Waals surface area contributed by atoms with Crippen molar-refractivity contribution in [3.63, 3.8) is 0 Å². The van der Waals surface area contributed by atoms with Crippen LogP contribution in [0.5, 0.6) is 5.75 Å². The maximum atomic E-state index is 14.1. The zero-order valence-corrected chi connectivity index (χ0v) is 32.8. The van der Waals surface area contributed by atoms with Crippen LogP contribution in [0.4, 0.5) is 0 Å². The number of likely N-dealkylation sites (tertiary alicyclic amines) is 1. The van der Waals surface area contributed by atoms with Crippen molar-refractivity contribution in [3.05, 3.63) is 29.8 Å². The number of carbonyl (C=O) groups excluding carboxylic acids is 5. The molecule has 0 saturated carbocycles. The van der Waals surface area contributed by atoms with E-state index in [9.17, 15) is 48.9 Å². The molecule has 6 atom stereocenters. The number of aliphatic carboxylic acids is 2.